The van der Waals surface area contributed by atoms with Gasteiger partial charge in [-0.2, -0.15) is 0 Å². The number of thiazole rings is 1. The van der Waals surface area contributed by atoms with Crippen LogP contribution in [0.15, 0.2) is 29.6 Å². The second-order valence-electron chi connectivity index (χ2n) is 18.3. The Hall–Kier alpha value is -4.10. The number of pyridine rings is 1. The Labute approximate surface area is 338 Å². The lowest BCUT2D eigenvalue weighted by Crippen LogP contribution is -2.48. The fourth-order valence-electron chi connectivity index (χ4n) is 9.16. The van der Waals surface area contributed by atoms with Crippen molar-refractivity contribution in [2.24, 2.45) is 40.4 Å². The van der Waals surface area contributed by atoms with Gasteiger partial charge in [-0.05, 0) is 66.9 Å². The molecule has 3 saturated carbocycles. The van der Waals surface area contributed by atoms with Crippen LogP contribution < -0.4 is 9.47 Å². The summed E-state index contributed by atoms with van der Waals surface area (Å²) in [6.07, 6.45) is 4.00. The van der Waals surface area contributed by atoms with Crippen LogP contribution in [0.1, 0.15) is 97.9 Å². The Morgan fingerprint density at radius 2 is 1.77 bits per heavy atom. The van der Waals surface area contributed by atoms with Gasteiger partial charge in [0.05, 0.1) is 58.9 Å². The number of carbonyl (C=O) groups excluding carboxylic acids is 3. The van der Waals surface area contributed by atoms with Gasteiger partial charge in [0.2, 0.25) is 5.91 Å². The van der Waals surface area contributed by atoms with Crippen LogP contribution in [0, 0.1) is 40.4 Å². The highest BCUT2D eigenvalue weighted by atomic mass is 32.1. The third-order valence-corrected chi connectivity index (χ3v) is 13.4. The summed E-state index contributed by atoms with van der Waals surface area (Å²) in [5.74, 6) is -0.170. The van der Waals surface area contributed by atoms with Crippen LogP contribution in [-0.2, 0) is 30.3 Å². The summed E-state index contributed by atoms with van der Waals surface area (Å²) in [5.41, 5.74) is 0.103. The Morgan fingerprint density at radius 3 is 2.42 bits per heavy atom. The van der Waals surface area contributed by atoms with E-state index in [0.29, 0.717) is 64.4 Å². The van der Waals surface area contributed by atoms with Gasteiger partial charge < -0.3 is 29.3 Å². The maximum atomic E-state index is 14.8. The van der Waals surface area contributed by atoms with E-state index in [-0.39, 0.29) is 62.7 Å². The van der Waals surface area contributed by atoms with Crippen LogP contribution in [0.5, 0.6) is 11.5 Å². The van der Waals surface area contributed by atoms with E-state index in [1.807, 2.05) is 45.2 Å². The van der Waals surface area contributed by atoms with E-state index in [1.54, 1.807) is 28.4 Å². The molecule has 0 bridgehead atoms. The molecule has 4 fully saturated rings. The molecule has 8 atom stereocenters. The number of esters is 1. The zero-order valence-corrected chi connectivity index (χ0v) is 34.8. The number of carboxylic acids is 1. The van der Waals surface area contributed by atoms with Crippen molar-refractivity contribution in [2.45, 2.75) is 118 Å². The maximum Gasteiger partial charge on any atom is 0.310 e. The van der Waals surface area contributed by atoms with Crippen molar-refractivity contribution in [3.8, 4) is 22.9 Å². The molecule has 1 unspecified atom stereocenters. The van der Waals surface area contributed by atoms with Crippen molar-refractivity contribution in [1.29, 1.82) is 0 Å². The molecule has 3 aromatic rings. The molecule has 3 heterocycles. The van der Waals surface area contributed by atoms with Crippen LogP contribution in [0.3, 0.4) is 0 Å². The maximum absolute atomic E-state index is 14.8. The molecule has 7 rings (SSSR count). The topological polar surface area (TPSA) is 165 Å². The number of rotatable bonds is 17. The fourth-order valence-corrected chi connectivity index (χ4v) is 10.2. The van der Waals surface area contributed by atoms with E-state index in [0.717, 1.165) is 24.3 Å². The molecule has 2 aromatic heterocycles. The monoisotopic (exact) mass is 803 g/mol. The van der Waals surface area contributed by atoms with E-state index in [2.05, 4.69) is 13.8 Å². The van der Waals surface area contributed by atoms with E-state index in [1.165, 1.54) is 6.42 Å². The van der Waals surface area contributed by atoms with Gasteiger partial charge in [0, 0.05) is 42.2 Å². The van der Waals surface area contributed by atoms with E-state index in [4.69, 9.17) is 24.2 Å². The average Bonchev–Trinajstić information content (AvgIpc) is 3.82. The van der Waals surface area contributed by atoms with Crippen LogP contribution in [-0.4, -0.2) is 86.7 Å². The Morgan fingerprint density at radius 1 is 1.02 bits per heavy atom. The van der Waals surface area contributed by atoms with Crippen LogP contribution >= 0.6 is 11.3 Å². The Bertz CT molecular complexity index is 2000. The molecular formula is C44H57N3O9S. The number of carbonyl (C=O) groups is 4. The second kappa shape index (κ2) is 16.3. The first-order chi connectivity index (χ1) is 27.1. The molecule has 1 aliphatic heterocycles. The Balaban J connectivity index is 1.19. The number of ketones is 1. The molecule has 1 amide bonds. The number of likely N-dealkylation sites (tertiary alicyclic amines) is 1. The first-order valence-corrected chi connectivity index (χ1v) is 21.5. The summed E-state index contributed by atoms with van der Waals surface area (Å²) in [6, 6.07) is 6.31. The number of aliphatic hydroxyl groups excluding tert-OH is 1. The number of aliphatic hydroxyl groups is 1. The molecular weight excluding hydrogens is 747 g/mol. The summed E-state index contributed by atoms with van der Waals surface area (Å²) in [6.45, 7) is 12.0. The van der Waals surface area contributed by atoms with E-state index >= 15 is 0 Å². The molecule has 2 N–H and O–H groups in total. The predicted molar refractivity (Wildman–Crippen MR) is 215 cm³/mol. The van der Waals surface area contributed by atoms with Crippen LogP contribution in [0.2, 0.25) is 0 Å². The second-order valence-corrected chi connectivity index (χ2v) is 19.3. The standard InChI is InChI=1S/C44H57N3O9S/c1-7-27-20-44(27,42(52)53)21-37(49)36-17-30(22-47(36)41(51)32(43(4,5)6)18-40(50)56-29-14-25-13-26(25)15-29)55-38-19-34(35-23-57-39(46-35)12-24(2)3)45-33-16-28(54-11-10-48)8-9-31(33)38/h8-9,16,19,23-27,29-30,32,36,48H,7,10-15,17-18,20-22H2,1-6H3,(H,52,53)/t25-,26+,27-,29?,30+,32-,36+,44+/m1/s1. The minimum absolute atomic E-state index is 0.0756. The first kappa shape index (κ1) is 41.1. The number of nitrogens with zero attached hydrogens (tertiary/aromatic N) is 3. The molecule has 0 spiro atoms. The number of ether oxygens (including phenoxy) is 3. The number of amides is 1. The first-order valence-electron chi connectivity index (χ1n) is 20.6. The summed E-state index contributed by atoms with van der Waals surface area (Å²) in [4.78, 5) is 66.4. The minimum Gasteiger partial charge on any atom is -0.491 e. The molecule has 0 radical (unpaired) electrons. The minimum atomic E-state index is -1.14. The highest BCUT2D eigenvalue weighted by Gasteiger charge is 2.61. The number of hydrogen-bond donors (Lipinski definition) is 2. The predicted octanol–water partition coefficient (Wildman–Crippen LogP) is 7.13. The molecule has 1 aromatic carbocycles. The van der Waals surface area contributed by atoms with Crippen molar-refractivity contribution in [3.05, 3.63) is 34.7 Å². The van der Waals surface area contributed by atoms with Gasteiger partial charge >= 0.3 is 11.9 Å². The summed E-state index contributed by atoms with van der Waals surface area (Å²) < 4.78 is 18.4. The molecule has 3 aliphatic carbocycles. The molecule has 12 nitrogen and oxygen atoms in total. The molecule has 308 valence electrons. The van der Waals surface area contributed by atoms with Gasteiger partial charge in [-0.15, -0.1) is 11.3 Å². The molecule has 13 heteroatoms. The van der Waals surface area contributed by atoms with Crippen molar-refractivity contribution in [2.75, 3.05) is 19.8 Å². The van der Waals surface area contributed by atoms with E-state index in [9.17, 15) is 29.4 Å². The smallest absolute Gasteiger partial charge is 0.310 e. The number of aliphatic carboxylic acids is 1. The summed E-state index contributed by atoms with van der Waals surface area (Å²) in [7, 11) is 0. The van der Waals surface area contributed by atoms with Crippen LogP contribution in [0.25, 0.3) is 22.3 Å². The van der Waals surface area contributed by atoms with Crippen LogP contribution in [0.4, 0.5) is 0 Å². The lowest BCUT2D eigenvalue weighted by Gasteiger charge is -2.35. The summed E-state index contributed by atoms with van der Waals surface area (Å²) >= 11 is 1.57. The lowest BCUT2D eigenvalue weighted by atomic mass is 9.77. The largest absolute Gasteiger partial charge is 0.491 e. The normalized spacial score (nSPS) is 27.0. The number of carboxylic acid groups (broad SMARTS) is 1. The van der Waals surface area contributed by atoms with Gasteiger partial charge in [0.15, 0.2) is 5.78 Å². The van der Waals surface area contributed by atoms with Gasteiger partial charge in [-0.1, -0.05) is 48.0 Å². The SMILES string of the molecule is CC[C@@H]1C[C@@]1(CC(=O)[C@@H]1C[C@H](Oc2cc(-c3csc(CC(C)C)n3)nc3cc(OCCO)ccc23)CN1C(=O)[C@@H](CC(=O)OC1C[C@@H]2C[C@@H]2C1)C(C)(C)C)C(=O)O. The van der Waals surface area contributed by atoms with Crippen molar-refractivity contribution in [1.82, 2.24) is 14.9 Å². The van der Waals surface area contributed by atoms with E-state index < -0.39 is 40.8 Å². The zero-order valence-electron chi connectivity index (χ0n) is 34.0. The average molecular weight is 804 g/mol. The number of fused-ring (bicyclic) bond motifs is 2. The number of benzene rings is 1. The molecule has 57 heavy (non-hydrogen) atoms. The van der Waals surface area contributed by atoms with Gasteiger partial charge in [0.1, 0.15) is 30.3 Å². The third-order valence-electron chi connectivity index (χ3n) is 12.6. The van der Waals surface area contributed by atoms with Gasteiger partial charge in [-0.3, -0.25) is 19.2 Å². The lowest BCUT2D eigenvalue weighted by molar-refractivity contribution is -0.157. The third kappa shape index (κ3) is 8.99. The molecule has 1 saturated heterocycles. The van der Waals surface area contributed by atoms with Crippen molar-refractivity contribution >= 4 is 45.9 Å². The van der Waals surface area contributed by atoms with Crippen molar-refractivity contribution in [3.63, 3.8) is 0 Å². The highest BCUT2D eigenvalue weighted by Crippen LogP contribution is 2.58. The number of Topliss-reactive ketones (excluding diaryl/α,β-unsaturated/α-hetero) is 1. The number of hydrogen-bond acceptors (Lipinski definition) is 11. The van der Waals surface area contributed by atoms with Crippen molar-refractivity contribution < 1.29 is 43.6 Å². The fraction of sp³-hybridized carbons (Fsp3) is 0.636. The molecule has 4 aliphatic rings. The van der Waals surface area contributed by atoms with Gasteiger partial charge in [0.25, 0.3) is 0 Å². The van der Waals surface area contributed by atoms with Gasteiger partial charge in [-0.25, -0.2) is 9.97 Å². The zero-order chi connectivity index (χ0) is 40.8. The number of aromatic nitrogens is 2. The Kier molecular flexibility index (Phi) is 11.7. The quantitative estimate of drug-likeness (QED) is 0.133. The highest BCUT2D eigenvalue weighted by molar-refractivity contribution is 7.09. The summed E-state index contributed by atoms with van der Waals surface area (Å²) in [5, 5.41) is 23.3.